The summed E-state index contributed by atoms with van der Waals surface area (Å²) in [4.78, 5) is 31.3. The van der Waals surface area contributed by atoms with Gasteiger partial charge in [0.05, 0.1) is 37.3 Å². The van der Waals surface area contributed by atoms with Crippen LogP contribution in [-0.2, 0) is 13.1 Å². The standard InChI is InChI=1S/C24H21N5O3/c1-32-20-8-4-7-19(11-20)29-22-21(23(30)28(24(29)31)13-16-9-10-16)27(15-26-22)14-18-6-3-2-5-17(18)12-25/h2-8,11,15-16H,9-10,13-14H2,1H3. The van der Waals surface area contributed by atoms with Gasteiger partial charge in [-0.1, -0.05) is 24.3 Å². The maximum Gasteiger partial charge on any atom is 0.337 e. The summed E-state index contributed by atoms with van der Waals surface area (Å²) in [7, 11) is 1.56. The molecule has 160 valence electrons. The van der Waals surface area contributed by atoms with Crippen molar-refractivity contribution in [1.29, 1.82) is 5.26 Å². The molecule has 4 aromatic rings. The van der Waals surface area contributed by atoms with Crippen molar-refractivity contribution in [2.45, 2.75) is 25.9 Å². The maximum absolute atomic E-state index is 13.4. The second-order valence-corrected chi connectivity index (χ2v) is 7.99. The van der Waals surface area contributed by atoms with Gasteiger partial charge in [-0.3, -0.25) is 9.36 Å². The molecule has 2 heterocycles. The lowest BCUT2D eigenvalue weighted by Crippen LogP contribution is -2.40. The van der Waals surface area contributed by atoms with Crippen molar-refractivity contribution in [1.82, 2.24) is 18.7 Å². The highest BCUT2D eigenvalue weighted by atomic mass is 16.5. The second-order valence-electron chi connectivity index (χ2n) is 7.99. The molecule has 0 spiro atoms. The first-order valence-electron chi connectivity index (χ1n) is 10.4. The molecule has 0 bridgehead atoms. The number of imidazole rings is 1. The molecule has 0 amide bonds. The molecule has 0 N–H and O–H groups in total. The van der Waals surface area contributed by atoms with Gasteiger partial charge in [-0.05, 0) is 42.5 Å². The van der Waals surface area contributed by atoms with Gasteiger partial charge in [0.25, 0.3) is 5.56 Å². The molecule has 1 saturated carbocycles. The Kier molecular flexibility index (Phi) is 4.86. The van der Waals surface area contributed by atoms with Gasteiger partial charge in [-0.25, -0.2) is 14.3 Å². The van der Waals surface area contributed by atoms with E-state index >= 15 is 0 Å². The second kappa shape index (κ2) is 7.85. The van der Waals surface area contributed by atoms with Crippen LogP contribution in [0, 0.1) is 17.2 Å². The quantitative estimate of drug-likeness (QED) is 0.472. The SMILES string of the molecule is COc1cccc(-n2c(=O)n(CC3CC3)c(=O)c3c2ncn3Cc2ccccc2C#N)c1. The van der Waals surface area contributed by atoms with E-state index in [2.05, 4.69) is 11.1 Å². The van der Waals surface area contributed by atoms with Crippen molar-refractivity contribution in [3.05, 3.63) is 86.8 Å². The van der Waals surface area contributed by atoms with Crippen LogP contribution in [0.2, 0.25) is 0 Å². The van der Waals surface area contributed by atoms with Crippen LogP contribution < -0.4 is 16.0 Å². The summed E-state index contributed by atoms with van der Waals surface area (Å²) in [6.45, 7) is 0.687. The fourth-order valence-corrected chi connectivity index (χ4v) is 3.95. The lowest BCUT2D eigenvalue weighted by molar-refractivity contribution is 0.414. The minimum atomic E-state index is -0.412. The van der Waals surface area contributed by atoms with Gasteiger partial charge in [-0.2, -0.15) is 5.26 Å². The lowest BCUT2D eigenvalue weighted by atomic mass is 10.1. The van der Waals surface area contributed by atoms with E-state index in [4.69, 9.17) is 4.74 Å². The van der Waals surface area contributed by atoms with Gasteiger partial charge in [-0.15, -0.1) is 0 Å². The van der Waals surface area contributed by atoms with E-state index in [9.17, 15) is 14.9 Å². The highest BCUT2D eigenvalue weighted by Crippen LogP contribution is 2.30. The Balaban J connectivity index is 1.76. The van der Waals surface area contributed by atoms with Crippen LogP contribution in [0.4, 0.5) is 0 Å². The molecule has 0 unspecified atom stereocenters. The zero-order chi connectivity index (χ0) is 22.2. The molecule has 32 heavy (non-hydrogen) atoms. The molecule has 0 atom stereocenters. The lowest BCUT2D eigenvalue weighted by Gasteiger charge is -2.13. The molecule has 5 rings (SSSR count). The normalized spacial score (nSPS) is 13.2. The Morgan fingerprint density at radius 2 is 1.97 bits per heavy atom. The Bertz CT molecular complexity index is 1480. The van der Waals surface area contributed by atoms with Crippen LogP contribution >= 0.6 is 0 Å². The number of nitrogens with zero attached hydrogens (tertiary/aromatic N) is 5. The summed E-state index contributed by atoms with van der Waals surface area (Å²) in [5.41, 5.74) is 1.74. The van der Waals surface area contributed by atoms with E-state index in [-0.39, 0.29) is 11.2 Å². The summed E-state index contributed by atoms with van der Waals surface area (Å²) >= 11 is 0. The molecule has 1 aliphatic rings. The zero-order valence-electron chi connectivity index (χ0n) is 17.6. The molecule has 0 radical (unpaired) electrons. The van der Waals surface area contributed by atoms with Crippen molar-refractivity contribution in [2.75, 3.05) is 7.11 Å². The highest BCUT2D eigenvalue weighted by molar-refractivity contribution is 5.72. The summed E-state index contributed by atoms with van der Waals surface area (Å²) in [6, 6.07) is 16.6. The number of aromatic nitrogens is 4. The van der Waals surface area contributed by atoms with Gasteiger partial charge >= 0.3 is 5.69 Å². The van der Waals surface area contributed by atoms with Crippen LogP contribution in [0.5, 0.6) is 5.75 Å². The number of hydrogen-bond donors (Lipinski definition) is 0. The van der Waals surface area contributed by atoms with E-state index in [1.165, 1.54) is 9.13 Å². The van der Waals surface area contributed by atoms with Gasteiger partial charge in [0.2, 0.25) is 0 Å². The molecule has 1 fully saturated rings. The van der Waals surface area contributed by atoms with Gasteiger partial charge in [0.15, 0.2) is 11.2 Å². The van der Waals surface area contributed by atoms with E-state index in [1.807, 2.05) is 12.1 Å². The largest absolute Gasteiger partial charge is 0.497 e. The van der Waals surface area contributed by atoms with Crippen LogP contribution in [0.1, 0.15) is 24.0 Å². The molecule has 1 aliphatic carbocycles. The number of fused-ring (bicyclic) bond motifs is 1. The van der Waals surface area contributed by atoms with Crippen molar-refractivity contribution in [3.63, 3.8) is 0 Å². The molecule has 8 heteroatoms. The number of methoxy groups -OCH3 is 1. The van der Waals surface area contributed by atoms with E-state index in [0.717, 1.165) is 18.4 Å². The molecular formula is C24H21N5O3. The van der Waals surface area contributed by atoms with Gasteiger partial charge < -0.3 is 9.30 Å². The van der Waals surface area contributed by atoms with E-state index in [0.29, 0.717) is 41.5 Å². The first-order valence-corrected chi connectivity index (χ1v) is 10.4. The monoisotopic (exact) mass is 427 g/mol. The van der Waals surface area contributed by atoms with E-state index < -0.39 is 5.69 Å². The number of rotatable bonds is 6. The summed E-state index contributed by atoms with van der Waals surface area (Å²) in [6.07, 6.45) is 3.58. The van der Waals surface area contributed by atoms with Crippen LogP contribution in [0.15, 0.2) is 64.4 Å². The molecule has 0 saturated heterocycles. The molecule has 2 aromatic carbocycles. The average Bonchev–Trinajstić information content (AvgIpc) is 3.55. The smallest absolute Gasteiger partial charge is 0.337 e. The average molecular weight is 427 g/mol. The van der Waals surface area contributed by atoms with Crippen molar-refractivity contribution < 1.29 is 4.74 Å². The van der Waals surface area contributed by atoms with Crippen LogP contribution in [0.3, 0.4) is 0 Å². The van der Waals surface area contributed by atoms with Crippen LogP contribution in [0.25, 0.3) is 16.9 Å². The molecule has 2 aromatic heterocycles. The third kappa shape index (κ3) is 3.38. The first-order chi connectivity index (χ1) is 15.6. The van der Waals surface area contributed by atoms with Crippen molar-refractivity contribution in [3.8, 4) is 17.5 Å². The number of hydrogen-bond acceptors (Lipinski definition) is 5. The van der Waals surface area contributed by atoms with Crippen LogP contribution in [-0.4, -0.2) is 25.8 Å². The van der Waals surface area contributed by atoms with Gasteiger partial charge in [0.1, 0.15) is 5.75 Å². The highest BCUT2D eigenvalue weighted by Gasteiger charge is 2.26. The Labute approximate surface area is 183 Å². The fourth-order valence-electron chi connectivity index (χ4n) is 3.95. The predicted molar refractivity (Wildman–Crippen MR) is 119 cm³/mol. The van der Waals surface area contributed by atoms with Gasteiger partial charge in [0, 0.05) is 12.6 Å². The summed E-state index contributed by atoms with van der Waals surface area (Å²) in [5.74, 6) is 0.942. The third-order valence-electron chi connectivity index (χ3n) is 5.83. The number of benzene rings is 2. The zero-order valence-corrected chi connectivity index (χ0v) is 17.6. The summed E-state index contributed by atoms with van der Waals surface area (Å²) < 4.78 is 9.82. The first kappa shape index (κ1) is 19.8. The minimum absolute atomic E-state index is 0.287. The Morgan fingerprint density at radius 3 is 2.72 bits per heavy atom. The summed E-state index contributed by atoms with van der Waals surface area (Å²) in [5, 5.41) is 9.45. The van der Waals surface area contributed by atoms with E-state index in [1.54, 1.807) is 54.4 Å². The predicted octanol–water partition coefficient (Wildman–Crippen LogP) is 2.69. The third-order valence-corrected chi connectivity index (χ3v) is 5.83. The maximum atomic E-state index is 13.4. The number of nitriles is 1. The Morgan fingerprint density at radius 1 is 1.16 bits per heavy atom. The van der Waals surface area contributed by atoms with Crippen molar-refractivity contribution >= 4 is 11.2 Å². The fraction of sp³-hybridized carbons (Fsp3) is 0.250. The van der Waals surface area contributed by atoms with Crippen molar-refractivity contribution in [2.24, 2.45) is 5.92 Å². The topological polar surface area (TPSA) is 94.8 Å². The number of ether oxygens (including phenoxy) is 1. The molecular weight excluding hydrogens is 406 g/mol. The molecule has 0 aliphatic heterocycles. The molecule has 8 nitrogen and oxygen atoms in total. The minimum Gasteiger partial charge on any atom is -0.497 e. The Hall–Kier alpha value is -4.12.